The Hall–Kier alpha value is -3.28. The predicted molar refractivity (Wildman–Crippen MR) is 148 cm³/mol. The summed E-state index contributed by atoms with van der Waals surface area (Å²) in [6.45, 7) is 5.70. The van der Waals surface area contributed by atoms with E-state index in [0.717, 1.165) is 43.4 Å². The number of aromatic nitrogens is 1. The van der Waals surface area contributed by atoms with Gasteiger partial charge in [0.1, 0.15) is 23.8 Å². The molecule has 0 saturated carbocycles. The fourth-order valence-corrected chi connectivity index (χ4v) is 5.67. The lowest BCUT2D eigenvalue weighted by Crippen LogP contribution is -2.53. The molecule has 4 rings (SSSR count). The Labute approximate surface area is 229 Å². The van der Waals surface area contributed by atoms with Gasteiger partial charge in [0.15, 0.2) is 5.78 Å². The van der Waals surface area contributed by atoms with Crippen molar-refractivity contribution in [2.45, 2.75) is 44.3 Å². The number of aldehydes is 1. The number of methoxy groups -OCH3 is 1. The van der Waals surface area contributed by atoms with Gasteiger partial charge < -0.3 is 35.4 Å². The van der Waals surface area contributed by atoms with Crippen LogP contribution in [-0.2, 0) is 14.4 Å². The molecule has 1 unspecified atom stereocenters. The van der Waals surface area contributed by atoms with Gasteiger partial charge in [-0.2, -0.15) is 0 Å². The second-order valence-electron chi connectivity index (χ2n) is 10.7. The Balaban J connectivity index is 1.50. The standard InChI is InChI=1S/C28H40N6O5/c1-18-13-23(31-27(37)22-15-20-21(30-22)5-4-6-26(20)39-3)28(38)34(18)24(14-19(17-35)7-8-29)25(36)16-33-11-9-32(2)10-12-33/h4-6,15,17-19,23-24,30H,7-14,16,29H2,1-3H3,(H,31,37)/t18?,19-,23-,24-/m0/s1. The molecule has 3 heterocycles. The SMILES string of the molecule is COc1cccc2[nH]c(C(=O)N[C@H]3CC(C)N([C@@H](C[C@@H](C=O)CCN)C(=O)CN4CCN(C)CC4)C3=O)cc12. The van der Waals surface area contributed by atoms with Gasteiger partial charge >= 0.3 is 0 Å². The first-order chi connectivity index (χ1) is 18.7. The number of amides is 2. The summed E-state index contributed by atoms with van der Waals surface area (Å²) in [5, 5.41) is 3.63. The zero-order valence-electron chi connectivity index (χ0n) is 23.0. The van der Waals surface area contributed by atoms with Crippen LogP contribution >= 0.6 is 0 Å². The number of nitrogens with two attached hydrogens (primary N) is 1. The Morgan fingerprint density at radius 1 is 1.26 bits per heavy atom. The molecule has 11 nitrogen and oxygen atoms in total. The number of ether oxygens (including phenoxy) is 1. The van der Waals surface area contributed by atoms with Gasteiger partial charge in [0.2, 0.25) is 5.91 Å². The highest BCUT2D eigenvalue weighted by molar-refractivity contribution is 6.02. The minimum Gasteiger partial charge on any atom is -0.496 e. The number of hydrogen-bond acceptors (Lipinski definition) is 8. The number of aromatic amines is 1. The summed E-state index contributed by atoms with van der Waals surface area (Å²) in [6.07, 6.45) is 1.88. The van der Waals surface area contributed by atoms with E-state index in [-0.39, 0.29) is 30.7 Å². The van der Waals surface area contributed by atoms with Crippen molar-refractivity contribution in [1.29, 1.82) is 0 Å². The van der Waals surface area contributed by atoms with Crippen LogP contribution < -0.4 is 15.8 Å². The highest BCUT2D eigenvalue weighted by Crippen LogP contribution is 2.28. The minimum atomic E-state index is -0.774. The normalized spacial score (nSPS) is 22.2. The Bertz CT molecular complexity index is 1190. The van der Waals surface area contributed by atoms with E-state index in [1.54, 1.807) is 18.1 Å². The highest BCUT2D eigenvalue weighted by atomic mass is 16.5. The lowest BCUT2D eigenvalue weighted by Gasteiger charge is -2.36. The number of nitrogens with zero attached hydrogens (tertiary/aromatic N) is 3. The third-order valence-corrected chi connectivity index (χ3v) is 7.94. The Morgan fingerprint density at radius 2 is 2.00 bits per heavy atom. The summed E-state index contributed by atoms with van der Waals surface area (Å²) in [6, 6.07) is 5.38. The number of benzene rings is 1. The molecule has 1 aromatic heterocycles. The number of Topliss-reactive ketones (excluding diaryl/α,β-unsaturated/α-hetero) is 1. The van der Waals surface area contributed by atoms with E-state index in [0.29, 0.717) is 30.8 Å². The Kier molecular flexibility index (Phi) is 9.36. The zero-order chi connectivity index (χ0) is 28.1. The molecule has 0 spiro atoms. The van der Waals surface area contributed by atoms with Gasteiger partial charge in [-0.1, -0.05) is 6.07 Å². The summed E-state index contributed by atoms with van der Waals surface area (Å²) < 4.78 is 5.38. The molecular weight excluding hydrogens is 500 g/mol. The second-order valence-corrected chi connectivity index (χ2v) is 10.7. The van der Waals surface area contributed by atoms with Gasteiger partial charge in [0.05, 0.1) is 19.7 Å². The average Bonchev–Trinajstić information content (AvgIpc) is 3.48. The van der Waals surface area contributed by atoms with E-state index < -0.39 is 23.9 Å². The number of rotatable bonds is 12. The number of likely N-dealkylation sites (N-methyl/N-ethyl adjacent to an activating group) is 1. The summed E-state index contributed by atoms with van der Waals surface area (Å²) in [4.78, 5) is 61.2. The number of hydrogen-bond donors (Lipinski definition) is 3. The first kappa shape index (κ1) is 28.7. The number of carbonyl (C=O) groups is 4. The monoisotopic (exact) mass is 540 g/mol. The van der Waals surface area contributed by atoms with Crippen molar-refractivity contribution in [2.75, 3.05) is 53.4 Å². The van der Waals surface area contributed by atoms with Crippen molar-refractivity contribution in [1.82, 2.24) is 25.0 Å². The third kappa shape index (κ3) is 6.48. The Morgan fingerprint density at radius 3 is 2.67 bits per heavy atom. The van der Waals surface area contributed by atoms with Crippen LogP contribution in [-0.4, -0.2) is 115 Å². The van der Waals surface area contributed by atoms with E-state index in [9.17, 15) is 19.2 Å². The average molecular weight is 541 g/mol. The molecule has 2 fully saturated rings. The molecule has 11 heteroatoms. The number of ketones is 1. The third-order valence-electron chi connectivity index (χ3n) is 7.94. The summed E-state index contributed by atoms with van der Waals surface area (Å²) >= 11 is 0. The van der Waals surface area contributed by atoms with E-state index in [4.69, 9.17) is 10.5 Å². The molecule has 2 aromatic rings. The topological polar surface area (TPSA) is 141 Å². The maximum absolute atomic E-state index is 13.7. The van der Waals surface area contributed by atoms with Gasteiger partial charge in [-0.25, -0.2) is 0 Å². The minimum absolute atomic E-state index is 0.0849. The first-order valence-corrected chi connectivity index (χ1v) is 13.6. The maximum Gasteiger partial charge on any atom is 0.268 e. The summed E-state index contributed by atoms with van der Waals surface area (Å²) in [5.74, 6) is -0.582. The zero-order valence-corrected chi connectivity index (χ0v) is 23.0. The first-order valence-electron chi connectivity index (χ1n) is 13.6. The number of piperazine rings is 1. The van der Waals surface area contributed by atoms with Crippen molar-refractivity contribution < 1.29 is 23.9 Å². The fraction of sp³-hybridized carbons (Fsp3) is 0.571. The predicted octanol–water partition coefficient (Wildman–Crippen LogP) is 0.635. The van der Waals surface area contributed by atoms with Crippen molar-refractivity contribution in [3.05, 3.63) is 30.0 Å². The molecule has 0 bridgehead atoms. The number of likely N-dealkylation sites (tertiary alicyclic amines) is 1. The van der Waals surface area contributed by atoms with Crippen LogP contribution in [0.15, 0.2) is 24.3 Å². The van der Waals surface area contributed by atoms with Gasteiger partial charge in [0.25, 0.3) is 5.91 Å². The van der Waals surface area contributed by atoms with Crippen molar-refractivity contribution in [3.63, 3.8) is 0 Å². The van der Waals surface area contributed by atoms with E-state index in [2.05, 4.69) is 27.1 Å². The van der Waals surface area contributed by atoms with Crippen LogP contribution in [0.2, 0.25) is 0 Å². The molecule has 212 valence electrons. The molecule has 2 saturated heterocycles. The van der Waals surface area contributed by atoms with E-state index in [1.165, 1.54) is 0 Å². The lowest BCUT2D eigenvalue weighted by atomic mass is 9.93. The van der Waals surface area contributed by atoms with Crippen LogP contribution in [0, 0.1) is 5.92 Å². The molecule has 2 amide bonds. The number of nitrogens with one attached hydrogen (secondary N) is 2. The van der Waals surface area contributed by atoms with Gasteiger partial charge in [-0.05, 0) is 58.0 Å². The van der Waals surface area contributed by atoms with Crippen molar-refractivity contribution in [3.8, 4) is 5.75 Å². The molecule has 4 atom stereocenters. The molecule has 1 aromatic carbocycles. The fourth-order valence-electron chi connectivity index (χ4n) is 5.67. The largest absolute Gasteiger partial charge is 0.496 e. The molecule has 4 N–H and O–H groups in total. The quantitative estimate of drug-likeness (QED) is 0.333. The molecule has 0 aliphatic carbocycles. The number of fused-ring (bicyclic) bond motifs is 1. The smallest absolute Gasteiger partial charge is 0.268 e. The van der Waals surface area contributed by atoms with Crippen molar-refractivity contribution >= 4 is 34.8 Å². The van der Waals surface area contributed by atoms with Crippen LogP contribution in [0.1, 0.15) is 36.7 Å². The van der Waals surface area contributed by atoms with Crippen molar-refractivity contribution in [2.24, 2.45) is 11.7 Å². The van der Waals surface area contributed by atoms with Gasteiger partial charge in [0, 0.05) is 49.0 Å². The lowest BCUT2D eigenvalue weighted by molar-refractivity contribution is -0.140. The summed E-state index contributed by atoms with van der Waals surface area (Å²) in [7, 11) is 3.62. The number of H-pyrrole nitrogens is 1. The molecule has 2 aliphatic heterocycles. The van der Waals surface area contributed by atoms with E-state index in [1.807, 2.05) is 25.1 Å². The van der Waals surface area contributed by atoms with Crippen LogP contribution in [0.25, 0.3) is 10.9 Å². The van der Waals surface area contributed by atoms with E-state index >= 15 is 0 Å². The molecular formula is C28H40N6O5. The van der Waals surface area contributed by atoms with Crippen LogP contribution in [0.4, 0.5) is 0 Å². The van der Waals surface area contributed by atoms with Crippen LogP contribution in [0.5, 0.6) is 5.75 Å². The highest BCUT2D eigenvalue weighted by Gasteiger charge is 2.44. The number of carbonyl (C=O) groups excluding carboxylic acids is 4. The molecule has 39 heavy (non-hydrogen) atoms. The van der Waals surface area contributed by atoms with Crippen LogP contribution in [0.3, 0.4) is 0 Å². The summed E-state index contributed by atoms with van der Waals surface area (Å²) in [5.41, 5.74) is 6.78. The second kappa shape index (κ2) is 12.7. The molecule has 2 aliphatic rings. The molecule has 0 radical (unpaired) electrons. The van der Waals surface area contributed by atoms with Gasteiger partial charge in [-0.15, -0.1) is 0 Å². The maximum atomic E-state index is 13.7. The van der Waals surface area contributed by atoms with Gasteiger partial charge in [-0.3, -0.25) is 19.3 Å².